The normalized spacial score (nSPS) is 20.7. The Hall–Kier alpha value is -3.04. The quantitative estimate of drug-likeness (QED) is 0.386. The standard InChI is InChI=1S/C26H36ClN5O4/c1-5-12-28-25(34)31-15-14-30(16-18(31)4)17-21-22(24(33)36-7-3)23(19-10-8-9-11-20(19)27)29-26(35)32(21)13-6-2/h6,8-11,18,23H,2,5,7,12-17H2,1,3-4H3,(H,28,34)(H,29,35)/t18-,23-/m1/s1. The second-order valence-electron chi connectivity index (χ2n) is 8.89. The van der Waals surface area contributed by atoms with Crippen LogP contribution in [0.2, 0.25) is 5.02 Å². The van der Waals surface area contributed by atoms with Crippen molar-refractivity contribution in [2.75, 3.05) is 45.9 Å². The van der Waals surface area contributed by atoms with Crippen molar-refractivity contribution in [1.29, 1.82) is 0 Å². The number of carbonyl (C=O) groups is 3. The summed E-state index contributed by atoms with van der Waals surface area (Å²) in [5.41, 5.74) is 1.53. The SMILES string of the molecule is C=CCN1C(=O)N[C@H](c2ccccc2Cl)C(C(=O)OCC)=C1CN1CCN(C(=O)NCCC)[C@H](C)C1. The van der Waals surface area contributed by atoms with Gasteiger partial charge in [0.25, 0.3) is 0 Å². The predicted molar refractivity (Wildman–Crippen MR) is 140 cm³/mol. The number of hydrogen-bond donors (Lipinski definition) is 2. The van der Waals surface area contributed by atoms with Gasteiger partial charge >= 0.3 is 18.0 Å². The van der Waals surface area contributed by atoms with E-state index in [4.69, 9.17) is 16.3 Å². The van der Waals surface area contributed by atoms with Gasteiger partial charge in [-0.05, 0) is 31.9 Å². The lowest BCUT2D eigenvalue weighted by molar-refractivity contribution is -0.139. The van der Waals surface area contributed by atoms with Crippen LogP contribution < -0.4 is 10.6 Å². The van der Waals surface area contributed by atoms with Crippen molar-refractivity contribution in [2.45, 2.75) is 39.3 Å². The van der Waals surface area contributed by atoms with Gasteiger partial charge in [-0.2, -0.15) is 0 Å². The van der Waals surface area contributed by atoms with Gasteiger partial charge in [0.2, 0.25) is 0 Å². The molecule has 2 atom stereocenters. The summed E-state index contributed by atoms with van der Waals surface area (Å²) in [4.78, 5) is 44.6. The summed E-state index contributed by atoms with van der Waals surface area (Å²) in [6.07, 6.45) is 2.50. The summed E-state index contributed by atoms with van der Waals surface area (Å²) < 4.78 is 5.44. The highest BCUT2D eigenvalue weighted by molar-refractivity contribution is 6.31. The van der Waals surface area contributed by atoms with Crippen LogP contribution in [0, 0.1) is 0 Å². The third kappa shape index (κ3) is 6.20. The Morgan fingerprint density at radius 2 is 2.03 bits per heavy atom. The lowest BCUT2D eigenvalue weighted by atomic mass is 9.94. The molecule has 1 aromatic rings. The van der Waals surface area contributed by atoms with E-state index in [1.807, 2.05) is 24.8 Å². The first-order valence-electron chi connectivity index (χ1n) is 12.4. The number of carbonyl (C=O) groups excluding carboxylic acids is 3. The Morgan fingerprint density at radius 1 is 1.28 bits per heavy atom. The van der Waals surface area contributed by atoms with Crippen molar-refractivity contribution in [1.82, 2.24) is 25.3 Å². The fraction of sp³-hybridized carbons (Fsp3) is 0.500. The van der Waals surface area contributed by atoms with Crippen molar-refractivity contribution < 1.29 is 19.1 Å². The van der Waals surface area contributed by atoms with Gasteiger partial charge in [0, 0.05) is 56.0 Å². The van der Waals surface area contributed by atoms with E-state index in [0.29, 0.717) is 54.6 Å². The van der Waals surface area contributed by atoms with E-state index in [1.54, 1.807) is 31.2 Å². The maximum absolute atomic E-state index is 13.3. The minimum absolute atomic E-state index is 0.0353. The first kappa shape index (κ1) is 27.5. The van der Waals surface area contributed by atoms with Gasteiger partial charge in [0.1, 0.15) is 0 Å². The average Bonchev–Trinajstić information content (AvgIpc) is 2.85. The summed E-state index contributed by atoms with van der Waals surface area (Å²) in [5, 5.41) is 6.31. The minimum atomic E-state index is -0.750. The molecule has 0 saturated carbocycles. The van der Waals surface area contributed by atoms with E-state index in [1.165, 1.54) is 4.90 Å². The van der Waals surface area contributed by atoms with E-state index in [2.05, 4.69) is 22.1 Å². The maximum Gasteiger partial charge on any atom is 0.338 e. The second kappa shape index (κ2) is 12.8. The van der Waals surface area contributed by atoms with Crippen LogP contribution in [0.4, 0.5) is 9.59 Å². The third-order valence-electron chi connectivity index (χ3n) is 6.33. The van der Waals surface area contributed by atoms with Crippen molar-refractivity contribution in [3.05, 3.63) is 58.8 Å². The van der Waals surface area contributed by atoms with Crippen LogP contribution in [0.15, 0.2) is 48.2 Å². The Bertz CT molecular complexity index is 1010. The Labute approximate surface area is 218 Å². The van der Waals surface area contributed by atoms with Crippen LogP contribution in [0.3, 0.4) is 0 Å². The Kier molecular flexibility index (Phi) is 9.78. The van der Waals surface area contributed by atoms with Crippen LogP contribution in [-0.4, -0.2) is 84.6 Å². The fourth-order valence-corrected chi connectivity index (χ4v) is 4.86. The van der Waals surface area contributed by atoms with Crippen molar-refractivity contribution >= 4 is 29.6 Å². The number of hydrogen-bond acceptors (Lipinski definition) is 5. The average molecular weight is 518 g/mol. The predicted octanol–water partition coefficient (Wildman–Crippen LogP) is 3.54. The van der Waals surface area contributed by atoms with Gasteiger partial charge in [-0.25, -0.2) is 14.4 Å². The highest BCUT2D eigenvalue weighted by Gasteiger charge is 2.40. The zero-order valence-corrected chi connectivity index (χ0v) is 22.0. The monoisotopic (exact) mass is 517 g/mol. The van der Waals surface area contributed by atoms with Gasteiger partial charge in [0.05, 0.1) is 18.2 Å². The fourth-order valence-electron chi connectivity index (χ4n) is 4.61. The van der Waals surface area contributed by atoms with E-state index in [-0.39, 0.29) is 31.3 Å². The minimum Gasteiger partial charge on any atom is -0.463 e. The lowest BCUT2D eigenvalue weighted by Crippen LogP contribution is -2.58. The Morgan fingerprint density at radius 3 is 2.67 bits per heavy atom. The number of halogens is 1. The molecule has 1 saturated heterocycles. The molecule has 0 aliphatic carbocycles. The van der Waals surface area contributed by atoms with Gasteiger partial charge in [-0.3, -0.25) is 9.80 Å². The summed E-state index contributed by atoms with van der Waals surface area (Å²) >= 11 is 6.48. The molecule has 0 spiro atoms. The molecule has 1 fully saturated rings. The summed E-state index contributed by atoms with van der Waals surface area (Å²) in [7, 11) is 0. The molecule has 0 aromatic heterocycles. The Balaban J connectivity index is 1.97. The highest BCUT2D eigenvalue weighted by Crippen LogP contribution is 2.35. The molecule has 2 heterocycles. The van der Waals surface area contributed by atoms with Crippen LogP contribution >= 0.6 is 11.6 Å². The van der Waals surface area contributed by atoms with E-state index >= 15 is 0 Å². The molecule has 0 radical (unpaired) electrons. The number of rotatable bonds is 9. The number of ether oxygens (including phenoxy) is 1. The van der Waals surface area contributed by atoms with E-state index in [0.717, 1.165) is 6.42 Å². The van der Waals surface area contributed by atoms with Crippen molar-refractivity contribution in [2.24, 2.45) is 0 Å². The molecular formula is C26H36ClN5O4. The number of amides is 4. The zero-order valence-electron chi connectivity index (χ0n) is 21.3. The molecule has 2 aliphatic heterocycles. The number of benzene rings is 1. The first-order chi connectivity index (χ1) is 17.3. The van der Waals surface area contributed by atoms with Crippen LogP contribution in [0.25, 0.3) is 0 Å². The molecular weight excluding hydrogens is 482 g/mol. The molecule has 10 heteroatoms. The molecule has 3 rings (SSSR count). The summed E-state index contributed by atoms with van der Waals surface area (Å²) in [6.45, 7) is 12.7. The zero-order chi connectivity index (χ0) is 26.2. The molecule has 2 N–H and O–H groups in total. The van der Waals surface area contributed by atoms with Crippen LogP contribution in [0.5, 0.6) is 0 Å². The molecule has 9 nitrogen and oxygen atoms in total. The van der Waals surface area contributed by atoms with Crippen molar-refractivity contribution in [3.63, 3.8) is 0 Å². The largest absolute Gasteiger partial charge is 0.463 e. The summed E-state index contributed by atoms with van der Waals surface area (Å²) in [5.74, 6) is -0.503. The molecule has 2 aliphatic rings. The highest BCUT2D eigenvalue weighted by atomic mass is 35.5. The maximum atomic E-state index is 13.3. The molecule has 36 heavy (non-hydrogen) atoms. The van der Waals surface area contributed by atoms with Gasteiger partial charge < -0.3 is 20.3 Å². The first-order valence-corrected chi connectivity index (χ1v) is 12.8. The number of piperazine rings is 1. The van der Waals surface area contributed by atoms with E-state index < -0.39 is 12.0 Å². The van der Waals surface area contributed by atoms with Gasteiger partial charge in [-0.15, -0.1) is 6.58 Å². The van der Waals surface area contributed by atoms with Crippen LogP contribution in [-0.2, 0) is 9.53 Å². The van der Waals surface area contributed by atoms with Crippen LogP contribution in [0.1, 0.15) is 38.8 Å². The number of esters is 1. The van der Waals surface area contributed by atoms with Crippen molar-refractivity contribution in [3.8, 4) is 0 Å². The molecule has 0 unspecified atom stereocenters. The molecule has 1 aromatic carbocycles. The molecule has 4 amide bonds. The van der Waals surface area contributed by atoms with E-state index in [9.17, 15) is 14.4 Å². The number of urea groups is 2. The second-order valence-corrected chi connectivity index (χ2v) is 9.30. The number of nitrogens with one attached hydrogen (secondary N) is 2. The number of nitrogens with zero attached hydrogens (tertiary/aromatic N) is 3. The topological polar surface area (TPSA) is 94.2 Å². The van der Waals surface area contributed by atoms with Gasteiger partial charge in [-0.1, -0.05) is 42.8 Å². The summed E-state index contributed by atoms with van der Waals surface area (Å²) in [6, 6.07) is 5.94. The third-order valence-corrected chi connectivity index (χ3v) is 6.68. The lowest BCUT2D eigenvalue weighted by Gasteiger charge is -2.42. The smallest absolute Gasteiger partial charge is 0.338 e. The van der Waals surface area contributed by atoms with Gasteiger partial charge in [0.15, 0.2) is 0 Å². The molecule has 0 bridgehead atoms. The molecule has 196 valence electrons.